The van der Waals surface area contributed by atoms with Crippen LogP contribution in [0.1, 0.15) is 24.1 Å². The number of hydrogen-bond donors (Lipinski definition) is 2. The zero-order chi connectivity index (χ0) is 11.2. The summed E-state index contributed by atoms with van der Waals surface area (Å²) in [7, 11) is 0. The normalized spacial score (nSPS) is 21.9. The van der Waals surface area contributed by atoms with Crippen molar-refractivity contribution in [1.82, 2.24) is 10.6 Å². The molecule has 2 N–H and O–H groups in total. The first-order valence-electron chi connectivity index (χ1n) is 6.03. The van der Waals surface area contributed by atoms with E-state index in [0.29, 0.717) is 0 Å². The molecule has 0 radical (unpaired) electrons. The average molecular weight is 303 g/mol. The van der Waals surface area contributed by atoms with Gasteiger partial charge in [-0.05, 0) is 66.8 Å². The van der Waals surface area contributed by atoms with Gasteiger partial charge in [-0.2, -0.15) is 0 Å². The highest BCUT2D eigenvalue weighted by Crippen LogP contribution is 2.22. The van der Waals surface area contributed by atoms with E-state index in [4.69, 9.17) is 0 Å². The van der Waals surface area contributed by atoms with E-state index in [0.717, 1.165) is 19.0 Å². The first-order valence-corrected chi connectivity index (χ1v) is 7.64. The van der Waals surface area contributed by atoms with Crippen LogP contribution in [0.5, 0.6) is 0 Å². The zero-order valence-electron chi connectivity index (χ0n) is 9.47. The third kappa shape index (κ3) is 4.17. The number of thiophene rings is 1. The van der Waals surface area contributed by atoms with Crippen LogP contribution < -0.4 is 10.6 Å². The minimum atomic E-state index is 0.721. The molecule has 1 unspecified atom stereocenters. The molecule has 2 rings (SSSR count). The van der Waals surface area contributed by atoms with E-state index in [1.54, 1.807) is 0 Å². The van der Waals surface area contributed by atoms with Crippen LogP contribution in [0.2, 0.25) is 0 Å². The van der Waals surface area contributed by atoms with Crippen molar-refractivity contribution in [3.05, 3.63) is 20.8 Å². The summed E-state index contributed by atoms with van der Waals surface area (Å²) in [5, 5.41) is 7.12. The molecule has 1 aliphatic heterocycles. The first-order chi connectivity index (χ1) is 7.84. The third-order valence-electron chi connectivity index (χ3n) is 3.01. The van der Waals surface area contributed by atoms with Gasteiger partial charge < -0.3 is 10.6 Å². The van der Waals surface area contributed by atoms with Crippen molar-refractivity contribution in [1.29, 1.82) is 0 Å². The average Bonchev–Trinajstić information content (AvgIpc) is 2.54. The Kier molecular flexibility index (Phi) is 5.29. The van der Waals surface area contributed by atoms with Crippen LogP contribution in [-0.4, -0.2) is 25.7 Å². The second kappa shape index (κ2) is 6.74. The lowest BCUT2D eigenvalue weighted by molar-refractivity contribution is 0.473. The van der Waals surface area contributed by atoms with Crippen molar-refractivity contribution in [3.63, 3.8) is 0 Å². The van der Waals surface area contributed by atoms with E-state index in [-0.39, 0.29) is 0 Å². The summed E-state index contributed by atoms with van der Waals surface area (Å²) in [5.41, 5.74) is 0. The highest BCUT2D eigenvalue weighted by atomic mass is 79.9. The van der Waals surface area contributed by atoms with Crippen LogP contribution in [0.4, 0.5) is 0 Å². The van der Waals surface area contributed by atoms with Crippen molar-refractivity contribution in [2.75, 3.05) is 19.6 Å². The van der Waals surface area contributed by atoms with E-state index in [2.05, 4.69) is 38.7 Å². The van der Waals surface area contributed by atoms with Gasteiger partial charge in [0.05, 0.1) is 3.79 Å². The zero-order valence-corrected chi connectivity index (χ0v) is 11.9. The summed E-state index contributed by atoms with van der Waals surface area (Å²) in [6, 6.07) is 5.07. The summed E-state index contributed by atoms with van der Waals surface area (Å²) < 4.78 is 1.24. The molecule has 0 amide bonds. The molecule has 1 aliphatic rings. The van der Waals surface area contributed by atoms with E-state index in [1.807, 2.05) is 11.3 Å². The van der Waals surface area contributed by atoms with Crippen LogP contribution in [0.3, 0.4) is 0 Å². The highest BCUT2D eigenvalue weighted by Gasteiger charge is 2.10. The number of nitrogens with one attached hydrogen (secondary N) is 2. The smallest absolute Gasteiger partial charge is 0.0701 e. The predicted octanol–water partition coefficient (Wildman–Crippen LogP) is 2.78. The Labute approximate surface area is 110 Å². The van der Waals surface area contributed by atoms with E-state index < -0.39 is 0 Å². The molecule has 2 nitrogen and oxygen atoms in total. The summed E-state index contributed by atoms with van der Waals surface area (Å²) in [6.45, 7) is 3.47. The van der Waals surface area contributed by atoms with Crippen molar-refractivity contribution in [2.45, 2.75) is 31.7 Å². The molecule has 90 valence electrons. The second-order valence-electron chi connectivity index (χ2n) is 4.29. The largest absolute Gasteiger partial charge is 0.317 e. The minimum Gasteiger partial charge on any atom is -0.317 e. The molecule has 1 atom stereocenters. The van der Waals surface area contributed by atoms with Gasteiger partial charge in [0, 0.05) is 17.5 Å². The molecule has 0 aliphatic carbocycles. The van der Waals surface area contributed by atoms with Gasteiger partial charge in [-0.25, -0.2) is 0 Å². The quantitative estimate of drug-likeness (QED) is 0.894. The van der Waals surface area contributed by atoms with E-state index >= 15 is 0 Å². The summed E-state index contributed by atoms with van der Waals surface area (Å²) in [5.74, 6) is 0. The first kappa shape index (κ1) is 12.6. The fourth-order valence-corrected chi connectivity index (χ4v) is 3.59. The van der Waals surface area contributed by atoms with Crippen molar-refractivity contribution >= 4 is 27.3 Å². The molecule has 4 heteroatoms. The highest BCUT2D eigenvalue weighted by molar-refractivity contribution is 9.11. The van der Waals surface area contributed by atoms with Gasteiger partial charge in [-0.15, -0.1) is 11.3 Å². The van der Waals surface area contributed by atoms with Gasteiger partial charge >= 0.3 is 0 Å². The topological polar surface area (TPSA) is 24.1 Å². The Bertz CT molecular complexity index is 306. The molecule has 1 aromatic heterocycles. The van der Waals surface area contributed by atoms with Crippen LogP contribution >= 0.6 is 27.3 Å². The van der Waals surface area contributed by atoms with Crippen molar-refractivity contribution in [3.8, 4) is 0 Å². The Balaban J connectivity index is 1.67. The predicted molar refractivity (Wildman–Crippen MR) is 74.2 cm³/mol. The Morgan fingerprint density at radius 3 is 3.12 bits per heavy atom. The Morgan fingerprint density at radius 1 is 1.38 bits per heavy atom. The van der Waals surface area contributed by atoms with Gasteiger partial charge in [0.2, 0.25) is 0 Å². The molecule has 0 bridgehead atoms. The molecule has 0 aromatic carbocycles. The van der Waals surface area contributed by atoms with E-state index in [9.17, 15) is 0 Å². The van der Waals surface area contributed by atoms with Gasteiger partial charge in [0.25, 0.3) is 0 Å². The molecular weight excluding hydrogens is 284 g/mol. The Morgan fingerprint density at radius 2 is 2.31 bits per heavy atom. The molecule has 1 aromatic rings. The minimum absolute atomic E-state index is 0.721. The molecule has 1 fully saturated rings. The molecule has 0 spiro atoms. The van der Waals surface area contributed by atoms with Crippen LogP contribution in [0, 0.1) is 0 Å². The summed E-state index contributed by atoms with van der Waals surface area (Å²) in [6.07, 6.45) is 5.05. The second-order valence-corrected chi connectivity index (χ2v) is 6.84. The SMILES string of the molecule is Brc1ccc(CCNC2CCCNCC2)s1. The van der Waals surface area contributed by atoms with E-state index in [1.165, 1.54) is 41.0 Å². The van der Waals surface area contributed by atoms with Gasteiger partial charge in [0.15, 0.2) is 0 Å². The lowest BCUT2D eigenvalue weighted by Crippen LogP contribution is -2.31. The van der Waals surface area contributed by atoms with Gasteiger partial charge in [0.1, 0.15) is 0 Å². The monoisotopic (exact) mass is 302 g/mol. The Hall–Kier alpha value is 0.1000. The fraction of sp³-hybridized carbons (Fsp3) is 0.667. The lowest BCUT2D eigenvalue weighted by Gasteiger charge is -2.15. The standard InChI is InChI=1S/C12H19BrN2S/c13-12-4-3-11(16-12)6-9-15-10-2-1-7-14-8-5-10/h3-4,10,14-15H,1-2,5-9H2. The maximum absolute atomic E-state index is 3.67. The summed E-state index contributed by atoms with van der Waals surface area (Å²) in [4.78, 5) is 1.46. The maximum atomic E-state index is 3.67. The maximum Gasteiger partial charge on any atom is 0.0701 e. The van der Waals surface area contributed by atoms with Gasteiger partial charge in [-0.3, -0.25) is 0 Å². The number of hydrogen-bond acceptors (Lipinski definition) is 3. The lowest BCUT2D eigenvalue weighted by atomic mass is 10.1. The van der Waals surface area contributed by atoms with Crippen molar-refractivity contribution in [2.24, 2.45) is 0 Å². The number of halogens is 1. The molecule has 0 saturated carbocycles. The molecule has 1 saturated heterocycles. The fourth-order valence-electron chi connectivity index (χ4n) is 2.11. The number of rotatable bonds is 4. The molecular formula is C12H19BrN2S. The molecule has 16 heavy (non-hydrogen) atoms. The van der Waals surface area contributed by atoms with Crippen LogP contribution in [0.25, 0.3) is 0 Å². The van der Waals surface area contributed by atoms with Gasteiger partial charge in [-0.1, -0.05) is 0 Å². The summed E-state index contributed by atoms with van der Waals surface area (Å²) >= 11 is 5.34. The van der Waals surface area contributed by atoms with Crippen molar-refractivity contribution < 1.29 is 0 Å². The van der Waals surface area contributed by atoms with Crippen LogP contribution in [-0.2, 0) is 6.42 Å². The molecule has 2 heterocycles. The van der Waals surface area contributed by atoms with Crippen LogP contribution in [0.15, 0.2) is 15.9 Å². The third-order valence-corrected chi connectivity index (χ3v) is 4.69.